The van der Waals surface area contributed by atoms with Gasteiger partial charge < -0.3 is 0 Å². The molecule has 0 aromatic rings. The third-order valence-electron chi connectivity index (χ3n) is 0.997. The summed E-state index contributed by atoms with van der Waals surface area (Å²) in [6.07, 6.45) is 4.40. The first-order valence-corrected chi connectivity index (χ1v) is 4.89. The van der Waals surface area contributed by atoms with Gasteiger partial charge in [-0.1, -0.05) is 12.2 Å². The summed E-state index contributed by atoms with van der Waals surface area (Å²) in [5.41, 5.74) is 0. The van der Waals surface area contributed by atoms with E-state index in [1.54, 1.807) is 0 Å². The molecule has 1 rings (SSSR count). The van der Waals surface area contributed by atoms with Crippen molar-refractivity contribution in [2.24, 2.45) is 0 Å². The Morgan fingerprint density at radius 2 is 2.00 bits per heavy atom. The zero-order valence-electron chi connectivity index (χ0n) is 4.96. The second kappa shape index (κ2) is 3.46. The zero-order chi connectivity index (χ0) is 5.82. The lowest BCUT2D eigenvalue weighted by Crippen LogP contribution is -1.80. The van der Waals surface area contributed by atoms with Crippen molar-refractivity contribution in [1.82, 2.24) is 0 Å². The maximum absolute atomic E-state index is 2.27. The predicted molar refractivity (Wildman–Crippen MR) is 43.5 cm³/mol. The highest BCUT2D eigenvalue weighted by atomic mass is 32.2. The molecule has 0 N–H and O–H groups in total. The molecule has 1 aliphatic heterocycles. The molecule has 0 aromatic carbocycles. The smallest absolute Gasteiger partial charge is 0.0682 e. The minimum absolute atomic E-state index is 0.764. The molecule has 8 heavy (non-hydrogen) atoms. The SMILES string of the molecule is C/C=C/C1SCCS1. The Balaban J connectivity index is 2.24. The molecule has 0 unspecified atom stereocenters. The normalized spacial score (nSPS) is 23.1. The van der Waals surface area contributed by atoms with E-state index in [-0.39, 0.29) is 0 Å². The summed E-state index contributed by atoms with van der Waals surface area (Å²) in [6.45, 7) is 2.08. The number of allylic oxidation sites excluding steroid dienone is 1. The molecule has 0 nitrogen and oxygen atoms in total. The first kappa shape index (κ1) is 6.56. The van der Waals surface area contributed by atoms with Gasteiger partial charge >= 0.3 is 0 Å². The standard InChI is InChI=1S/C6H10S2/c1-2-3-6-7-4-5-8-6/h2-3,6H,4-5H2,1H3/b3-2+. The van der Waals surface area contributed by atoms with E-state index in [1.807, 2.05) is 23.5 Å². The first-order chi connectivity index (χ1) is 3.93. The quantitative estimate of drug-likeness (QED) is 0.521. The molecule has 1 heterocycles. The number of thioether (sulfide) groups is 2. The average Bonchev–Trinajstić information content (AvgIpc) is 2.19. The van der Waals surface area contributed by atoms with Gasteiger partial charge in [0.1, 0.15) is 0 Å². The van der Waals surface area contributed by atoms with Crippen molar-refractivity contribution in [3.63, 3.8) is 0 Å². The van der Waals surface area contributed by atoms with Crippen LogP contribution in [0.3, 0.4) is 0 Å². The lowest BCUT2D eigenvalue weighted by molar-refractivity contribution is 1.59. The molecule has 0 spiro atoms. The van der Waals surface area contributed by atoms with Crippen LogP contribution in [0.2, 0.25) is 0 Å². The molecule has 46 valence electrons. The Bertz CT molecular complexity index is 82.5. The van der Waals surface area contributed by atoms with E-state index >= 15 is 0 Å². The van der Waals surface area contributed by atoms with Crippen LogP contribution in [0.25, 0.3) is 0 Å². The van der Waals surface area contributed by atoms with Gasteiger partial charge in [0.15, 0.2) is 0 Å². The van der Waals surface area contributed by atoms with Crippen LogP contribution in [0.15, 0.2) is 12.2 Å². The van der Waals surface area contributed by atoms with Gasteiger partial charge in [0.25, 0.3) is 0 Å². The minimum Gasteiger partial charge on any atom is -0.143 e. The van der Waals surface area contributed by atoms with Crippen molar-refractivity contribution in [3.8, 4) is 0 Å². The summed E-state index contributed by atoms with van der Waals surface area (Å²) in [5, 5.41) is 0. The minimum atomic E-state index is 0.764. The third-order valence-corrected chi connectivity index (χ3v) is 3.92. The molecule has 1 saturated heterocycles. The van der Waals surface area contributed by atoms with Crippen LogP contribution in [-0.4, -0.2) is 16.1 Å². The molecule has 1 aliphatic rings. The summed E-state index contributed by atoms with van der Waals surface area (Å²) in [4.78, 5) is 0. The largest absolute Gasteiger partial charge is 0.143 e. The van der Waals surface area contributed by atoms with Crippen molar-refractivity contribution in [2.75, 3.05) is 11.5 Å². The van der Waals surface area contributed by atoms with Gasteiger partial charge in [-0.15, -0.1) is 23.5 Å². The van der Waals surface area contributed by atoms with E-state index in [0.717, 1.165) is 4.58 Å². The van der Waals surface area contributed by atoms with E-state index in [2.05, 4.69) is 19.1 Å². The molecule has 0 saturated carbocycles. The molecule has 0 bridgehead atoms. The molecule has 0 radical (unpaired) electrons. The van der Waals surface area contributed by atoms with Crippen molar-refractivity contribution in [1.29, 1.82) is 0 Å². The van der Waals surface area contributed by atoms with Gasteiger partial charge in [0.05, 0.1) is 4.58 Å². The topological polar surface area (TPSA) is 0 Å². The molecular weight excluding hydrogens is 136 g/mol. The molecule has 0 amide bonds. The maximum atomic E-state index is 2.27. The van der Waals surface area contributed by atoms with Crippen molar-refractivity contribution < 1.29 is 0 Å². The fourth-order valence-corrected chi connectivity index (χ4v) is 3.38. The van der Waals surface area contributed by atoms with Gasteiger partial charge in [0, 0.05) is 11.5 Å². The summed E-state index contributed by atoms with van der Waals surface area (Å²) in [6, 6.07) is 0. The average molecular weight is 146 g/mol. The maximum Gasteiger partial charge on any atom is 0.0682 e. The summed E-state index contributed by atoms with van der Waals surface area (Å²) in [7, 11) is 0. The highest BCUT2D eigenvalue weighted by Gasteiger charge is 2.10. The highest BCUT2D eigenvalue weighted by Crippen LogP contribution is 2.32. The van der Waals surface area contributed by atoms with Crippen LogP contribution in [0.1, 0.15) is 6.92 Å². The van der Waals surface area contributed by atoms with E-state index in [4.69, 9.17) is 0 Å². The van der Waals surface area contributed by atoms with E-state index < -0.39 is 0 Å². The molecule has 1 fully saturated rings. The lowest BCUT2D eigenvalue weighted by Gasteiger charge is -1.95. The summed E-state index contributed by atoms with van der Waals surface area (Å²) < 4.78 is 0.764. The zero-order valence-corrected chi connectivity index (χ0v) is 6.60. The Labute approximate surface area is 59.1 Å². The van der Waals surface area contributed by atoms with Crippen LogP contribution in [0, 0.1) is 0 Å². The highest BCUT2D eigenvalue weighted by molar-refractivity contribution is 8.20. The Hall–Kier alpha value is 0.440. The van der Waals surface area contributed by atoms with Gasteiger partial charge in [-0.2, -0.15) is 0 Å². The second-order valence-electron chi connectivity index (χ2n) is 1.64. The lowest BCUT2D eigenvalue weighted by atomic mass is 10.6. The monoisotopic (exact) mass is 146 g/mol. The molecule has 0 aliphatic carbocycles. The van der Waals surface area contributed by atoms with Crippen LogP contribution in [0.5, 0.6) is 0 Å². The fourth-order valence-electron chi connectivity index (χ4n) is 0.645. The molecular formula is C6H10S2. The van der Waals surface area contributed by atoms with Crippen LogP contribution >= 0.6 is 23.5 Å². The van der Waals surface area contributed by atoms with E-state index in [1.165, 1.54) is 11.5 Å². The van der Waals surface area contributed by atoms with E-state index in [0.29, 0.717) is 0 Å². The van der Waals surface area contributed by atoms with Gasteiger partial charge in [0.2, 0.25) is 0 Å². The molecule has 2 heteroatoms. The first-order valence-electron chi connectivity index (χ1n) is 2.79. The fraction of sp³-hybridized carbons (Fsp3) is 0.667. The summed E-state index contributed by atoms with van der Waals surface area (Å²) >= 11 is 4.09. The summed E-state index contributed by atoms with van der Waals surface area (Å²) in [5.74, 6) is 2.67. The molecule has 0 atom stereocenters. The Morgan fingerprint density at radius 3 is 2.50 bits per heavy atom. The number of rotatable bonds is 1. The van der Waals surface area contributed by atoms with Gasteiger partial charge in [-0.25, -0.2) is 0 Å². The van der Waals surface area contributed by atoms with Crippen molar-refractivity contribution in [3.05, 3.63) is 12.2 Å². The third kappa shape index (κ3) is 1.75. The predicted octanol–water partition coefficient (Wildman–Crippen LogP) is 2.37. The Kier molecular flexibility index (Phi) is 2.84. The Morgan fingerprint density at radius 1 is 1.38 bits per heavy atom. The van der Waals surface area contributed by atoms with Crippen molar-refractivity contribution >= 4 is 23.5 Å². The van der Waals surface area contributed by atoms with Crippen LogP contribution in [0.4, 0.5) is 0 Å². The molecule has 0 aromatic heterocycles. The second-order valence-corrected chi connectivity index (χ2v) is 4.43. The van der Waals surface area contributed by atoms with Crippen molar-refractivity contribution in [2.45, 2.75) is 11.5 Å². The number of hydrogen-bond donors (Lipinski definition) is 0. The van der Waals surface area contributed by atoms with Crippen LogP contribution in [-0.2, 0) is 0 Å². The van der Waals surface area contributed by atoms with Gasteiger partial charge in [-0.05, 0) is 6.92 Å². The number of hydrogen-bond acceptors (Lipinski definition) is 2. The van der Waals surface area contributed by atoms with Gasteiger partial charge in [-0.3, -0.25) is 0 Å². The van der Waals surface area contributed by atoms with E-state index in [9.17, 15) is 0 Å². The van der Waals surface area contributed by atoms with Crippen LogP contribution < -0.4 is 0 Å².